The van der Waals surface area contributed by atoms with Crippen molar-refractivity contribution in [1.82, 2.24) is 20.1 Å². The third kappa shape index (κ3) is 2.64. The molecule has 1 unspecified atom stereocenters. The van der Waals surface area contributed by atoms with Crippen molar-refractivity contribution < 1.29 is 18.0 Å². The number of amides is 1. The molecule has 1 N–H and O–H groups in total. The van der Waals surface area contributed by atoms with Gasteiger partial charge in [-0.2, -0.15) is 13.2 Å². The molecule has 0 radical (unpaired) electrons. The molecule has 1 aromatic heterocycles. The molecule has 1 aliphatic carbocycles. The molecular formula is C12H15F3N4O. The second kappa shape index (κ2) is 4.75. The molecule has 110 valence electrons. The molecule has 20 heavy (non-hydrogen) atoms. The molecule has 0 saturated heterocycles. The van der Waals surface area contributed by atoms with Gasteiger partial charge in [0.2, 0.25) is 5.91 Å². The summed E-state index contributed by atoms with van der Waals surface area (Å²) in [5.74, 6) is -0.361. The van der Waals surface area contributed by atoms with Crippen LogP contribution in [0.25, 0.3) is 0 Å². The summed E-state index contributed by atoms with van der Waals surface area (Å²) in [5.41, 5.74) is 0. The number of halogens is 3. The maximum absolute atomic E-state index is 12.8. The third-order valence-electron chi connectivity index (χ3n) is 3.86. The Bertz CT molecular complexity index is 521. The van der Waals surface area contributed by atoms with E-state index in [2.05, 4.69) is 15.5 Å². The number of carbonyl (C=O) groups excluding carboxylic acids is 1. The molecule has 1 aliphatic heterocycles. The normalized spacial score (nSPS) is 22.4. The number of rotatable bonds is 3. The van der Waals surface area contributed by atoms with E-state index in [0.29, 0.717) is 11.6 Å². The summed E-state index contributed by atoms with van der Waals surface area (Å²) >= 11 is 0. The average molecular weight is 288 g/mol. The van der Waals surface area contributed by atoms with Crippen molar-refractivity contribution in [2.75, 3.05) is 0 Å². The number of carbonyl (C=O) groups is 1. The van der Waals surface area contributed by atoms with Crippen LogP contribution < -0.4 is 5.32 Å². The Hall–Kier alpha value is -1.60. The molecule has 5 nitrogen and oxygen atoms in total. The lowest BCUT2D eigenvalue weighted by Gasteiger charge is -2.26. The summed E-state index contributed by atoms with van der Waals surface area (Å²) in [6.45, 7) is -0.00657. The standard InChI is InChI=1S/C12H15F3N4O/c13-12(14,15)8-3-4-9-17-18-10(19(9)6-8)5-16-11(20)7-1-2-7/h7-8H,1-6H2,(H,16,20). The van der Waals surface area contributed by atoms with E-state index in [-0.39, 0.29) is 37.8 Å². The number of aromatic nitrogens is 3. The summed E-state index contributed by atoms with van der Waals surface area (Å²) < 4.78 is 39.8. The number of alkyl halides is 3. The minimum atomic E-state index is -4.20. The van der Waals surface area contributed by atoms with Gasteiger partial charge in [0.25, 0.3) is 0 Å². The van der Waals surface area contributed by atoms with Crippen LogP contribution in [0, 0.1) is 11.8 Å². The Balaban J connectivity index is 1.68. The quantitative estimate of drug-likeness (QED) is 0.915. The Morgan fingerprint density at radius 3 is 2.70 bits per heavy atom. The molecule has 0 spiro atoms. The van der Waals surface area contributed by atoms with Gasteiger partial charge in [-0.3, -0.25) is 4.79 Å². The van der Waals surface area contributed by atoms with Crippen LogP contribution in [0.15, 0.2) is 0 Å². The molecule has 0 aromatic carbocycles. The zero-order valence-corrected chi connectivity index (χ0v) is 10.8. The van der Waals surface area contributed by atoms with Gasteiger partial charge in [-0.25, -0.2) is 0 Å². The summed E-state index contributed by atoms with van der Waals surface area (Å²) in [4.78, 5) is 11.5. The fourth-order valence-corrected chi connectivity index (χ4v) is 2.44. The van der Waals surface area contributed by atoms with E-state index in [1.807, 2.05) is 0 Å². The Morgan fingerprint density at radius 1 is 1.30 bits per heavy atom. The number of fused-ring (bicyclic) bond motifs is 1. The van der Waals surface area contributed by atoms with Crippen molar-refractivity contribution in [1.29, 1.82) is 0 Å². The smallest absolute Gasteiger partial charge is 0.349 e. The summed E-state index contributed by atoms with van der Waals surface area (Å²) in [6.07, 6.45) is -2.10. The SMILES string of the molecule is O=C(NCc1nnc2n1CC(C(F)(F)F)CC2)C1CC1. The van der Waals surface area contributed by atoms with Crippen LogP contribution in [0.1, 0.15) is 30.9 Å². The van der Waals surface area contributed by atoms with Gasteiger partial charge >= 0.3 is 6.18 Å². The van der Waals surface area contributed by atoms with E-state index in [9.17, 15) is 18.0 Å². The van der Waals surface area contributed by atoms with Crippen molar-refractivity contribution in [3.05, 3.63) is 11.6 Å². The highest BCUT2D eigenvalue weighted by atomic mass is 19.4. The zero-order chi connectivity index (χ0) is 14.3. The lowest BCUT2D eigenvalue weighted by Crippen LogP contribution is -2.34. The molecule has 1 atom stereocenters. The first kappa shape index (κ1) is 13.4. The monoisotopic (exact) mass is 288 g/mol. The number of aryl methyl sites for hydroxylation is 1. The van der Waals surface area contributed by atoms with Gasteiger partial charge in [0.1, 0.15) is 5.82 Å². The molecule has 8 heteroatoms. The lowest BCUT2D eigenvalue weighted by atomic mass is 9.99. The van der Waals surface area contributed by atoms with Gasteiger partial charge < -0.3 is 9.88 Å². The number of nitrogens with one attached hydrogen (secondary N) is 1. The van der Waals surface area contributed by atoms with Gasteiger partial charge in [0.05, 0.1) is 12.5 Å². The van der Waals surface area contributed by atoms with Crippen LogP contribution >= 0.6 is 0 Å². The Kier molecular flexibility index (Phi) is 3.18. The highest BCUT2D eigenvalue weighted by molar-refractivity contribution is 5.80. The summed E-state index contributed by atoms with van der Waals surface area (Å²) in [5, 5.41) is 10.5. The second-order valence-corrected chi connectivity index (χ2v) is 5.41. The Morgan fingerprint density at radius 2 is 2.05 bits per heavy atom. The predicted molar refractivity (Wildman–Crippen MR) is 62.5 cm³/mol. The van der Waals surface area contributed by atoms with Gasteiger partial charge in [-0.15, -0.1) is 10.2 Å². The first-order chi connectivity index (χ1) is 9.45. The van der Waals surface area contributed by atoms with E-state index in [1.165, 1.54) is 4.57 Å². The summed E-state index contributed by atoms with van der Waals surface area (Å²) in [6, 6.07) is 0. The molecule has 2 heterocycles. The maximum atomic E-state index is 12.8. The van der Waals surface area contributed by atoms with Crippen LogP contribution in [0.2, 0.25) is 0 Å². The van der Waals surface area contributed by atoms with Crippen molar-refractivity contribution in [2.45, 2.75) is 44.9 Å². The average Bonchev–Trinajstić information content (AvgIpc) is 3.16. The van der Waals surface area contributed by atoms with Crippen LogP contribution in [0.3, 0.4) is 0 Å². The molecule has 2 aliphatic rings. The first-order valence-electron chi connectivity index (χ1n) is 6.70. The number of nitrogens with zero attached hydrogens (tertiary/aromatic N) is 3. The van der Waals surface area contributed by atoms with E-state index < -0.39 is 12.1 Å². The maximum Gasteiger partial charge on any atom is 0.393 e. The Labute approximate surface area is 113 Å². The first-order valence-corrected chi connectivity index (χ1v) is 6.70. The van der Waals surface area contributed by atoms with Gasteiger partial charge in [-0.05, 0) is 19.3 Å². The van der Waals surface area contributed by atoms with Crippen LogP contribution in [0.5, 0.6) is 0 Å². The second-order valence-electron chi connectivity index (χ2n) is 5.41. The topological polar surface area (TPSA) is 59.8 Å². The predicted octanol–water partition coefficient (Wildman–Crippen LogP) is 1.43. The minimum absolute atomic E-state index is 0.0504. The van der Waals surface area contributed by atoms with E-state index in [1.54, 1.807) is 0 Å². The highest BCUT2D eigenvalue weighted by Gasteiger charge is 2.42. The van der Waals surface area contributed by atoms with Crippen molar-refractivity contribution in [2.24, 2.45) is 11.8 Å². The molecule has 1 aromatic rings. The van der Waals surface area contributed by atoms with Crippen LogP contribution in [-0.2, 0) is 24.3 Å². The van der Waals surface area contributed by atoms with E-state index >= 15 is 0 Å². The van der Waals surface area contributed by atoms with E-state index in [4.69, 9.17) is 0 Å². The van der Waals surface area contributed by atoms with Gasteiger partial charge in [-0.1, -0.05) is 0 Å². The largest absolute Gasteiger partial charge is 0.393 e. The lowest BCUT2D eigenvalue weighted by molar-refractivity contribution is -0.182. The molecule has 0 bridgehead atoms. The van der Waals surface area contributed by atoms with Gasteiger partial charge in [0, 0.05) is 18.9 Å². The summed E-state index contributed by atoms with van der Waals surface area (Å²) in [7, 11) is 0. The van der Waals surface area contributed by atoms with Crippen LogP contribution in [-0.4, -0.2) is 26.8 Å². The third-order valence-corrected chi connectivity index (χ3v) is 3.86. The molecule has 3 rings (SSSR count). The number of hydrogen-bond acceptors (Lipinski definition) is 3. The fraction of sp³-hybridized carbons (Fsp3) is 0.750. The molecule has 1 fully saturated rings. The zero-order valence-electron chi connectivity index (χ0n) is 10.8. The van der Waals surface area contributed by atoms with Crippen LogP contribution in [0.4, 0.5) is 13.2 Å². The van der Waals surface area contributed by atoms with Crippen molar-refractivity contribution in [3.8, 4) is 0 Å². The van der Waals surface area contributed by atoms with Crippen molar-refractivity contribution >= 4 is 5.91 Å². The molecule has 1 amide bonds. The highest BCUT2D eigenvalue weighted by Crippen LogP contribution is 2.34. The fourth-order valence-electron chi connectivity index (χ4n) is 2.44. The van der Waals surface area contributed by atoms with Crippen molar-refractivity contribution in [3.63, 3.8) is 0 Å². The van der Waals surface area contributed by atoms with E-state index in [0.717, 1.165) is 12.8 Å². The minimum Gasteiger partial charge on any atom is -0.349 e. The molecule has 1 saturated carbocycles. The molecular weight excluding hydrogens is 273 g/mol. The number of hydrogen-bond donors (Lipinski definition) is 1. The van der Waals surface area contributed by atoms with Gasteiger partial charge in [0.15, 0.2) is 5.82 Å².